The van der Waals surface area contributed by atoms with Gasteiger partial charge in [0.15, 0.2) is 0 Å². The lowest BCUT2D eigenvalue weighted by molar-refractivity contribution is -0.140. The number of nitrogens with one attached hydrogen (secondary N) is 1. The summed E-state index contributed by atoms with van der Waals surface area (Å²) in [5, 5.41) is 3.75. The minimum absolute atomic E-state index is 0.0266. The Morgan fingerprint density at radius 2 is 2.00 bits per heavy atom. The molecule has 1 aromatic carbocycles. The number of carbonyl (C=O) groups excluding carboxylic acids is 2. The highest BCUT2D eigenvalue weighted by Crippen LogP contribution is 2.19. The van der Waals surface area contributed by atoms with Crippen LogP contribution < -0.4 is 5.32 Å². The molecule has 0 saturated heterocycles. The molecule has 24 heavy (non-hydrogen) atoms. The zero-order valence-corrected chi connectivity index (χ0v) is 15.3. The minimum Gasteiger partial charge on any atom is -0.352 e. The largest absolute Gasteiger partial charge is 0.352 e. The summed E-state index contributed by atoms with van der Waals surface area (Å²) in [6.45, 7) is 4.02. The smallest absolute Gasteiger partial charge is 0.242 e. The maximum Gasteiger partial charge on any atom is 0.242 e. The lowest BCUT2D eigenvalue weighted by atomic mass is 9.95. The molecule has 1 aliphatic rings. The molecule has 1 atom stereocenters. The Labute approximate surface area is 149 Å². The summed E-state index contributed by atoms with van der Waals surface area (Å²) in [5.74, 6) is -0.0907. The van der Waals surface area contributed by atoms with Crippen molar-refractivity contribution in [1.82, 2.24) is 10.2 Å². The summed E-state index contributed by atoms with van der Waals surface area (Å²) in [5.41, 5.74) is 0.932. The number of carbonyl (C=O) groups is 2. The molecule has 1 aliphatic carbocycles. The van der Waals surface area contributed by atoms with Crippen LogP contribution in [0.3, 0.4) is 0 Å². The van der Waals surface area contributed by atoms with Crippen LogP contribution in [-0.4, -0.2) is 28.8 Å². The Morgan fingerprint density at radius 1 is 1.29 bits per heavy atom. The molecule has 1 N–H and O–H groups in total. The number of amides is 2. The van der Waals surface area contributed by atoms with Gasteiger partial charge in [-0.15, -0.1) is 0 Å². The Kier molecular flexibility index (Phi) is 7.10. The van der Waals surface area contributed by atoms with Gasteiger partial charge in [0.25, 0.3) is 0 Å². The van der Waals surface area contributed by atoms with E-state index in [0.29, 0.717) is 18.0 Å². The van der Waals surface area contributed by atoms with Crippen molar-refractivity contribution in [3.63, 3.8) is 0 Å². The fourth-order valence-electron chi connectivity index (χ4n) is 3.19. The second-order valence-corrected chi connectivity index (χ2v) is 6.96. The van der Waals surface area contributed by atoms with Crippen molar-refractivity contribution in [2.45, 2.75) is 71.0 Å². The van der Waals surface area contributed by atoms with Crippen molar-refractivity contribution < 1.29 is 9.59 Å². The van der Waals surface area contributed by atoms with E-state index in [2.05, 4.69) is 5.32 Å². The highest BCUT2D eigenvalue weighted by atomic mass is 35.5. The Morgan fingerprint density at radius 3 is 2.62 bits per heavy atom. The van der Waals surface area contributed by atoms with Gasteiger partial charge in [0.1, 0.15) is 6.04 Å². The number of nitrogens with zero attached hydrogens (tertiary/aromatic N) is 1. The Balaban J connectivity index is 2.05. The van der Waals surface area contributed by atoms with E-state index in [0.717, 1.165) is 18.4 Å². The molecule has 2 rings (SSSR count). The third kappa shape index (κ3) is 5.23. The van der Waals surface area contributed by atoms with Crippen molar-refractivity contribution in [2.24, 2.45) is 0 Å². The van der Waals surface area contributed by atoms with Gasteiger partial charge in [-0.25, -0.2) is 0 Å². The summed E-state index contributed by atoms with van der Waals surface area (Å²) < 4.78 is 0. The van der Waals surface area contributed by atoms with E-state index < -0.39 is 6.04 Å². The predicted octanol–water partition coefficient (Wildman–Crippen LogP) is 3.92. The van der Waals surface area contributed by atoms with E-state index in [1.807, 2.05) is 25.1 Å². The van der Waals surface area contributed by atoms with E-state index in [4.69, 9.17) is 11.6 Å². The molecule has 2 amide bonds. The van der Waals surface area contributed by atoms with Gasteiger partial charge in [-0.05, 0) is 37.5 Å². The molecule has 0 heterocycles. The minimum atomic E-state index is -0.488. The molecule has 1 saturated carbocycles. The fourth-order valence-corrected chi connectivity index (χ4v) is 3.40. The molecule has 132 valence electrons. The zero-order chi connectivity index (χ0) is 17.5. The van der Waals surface area contributed by atoms with Crippen LogP contribution in [0.25, 0.3) is 0 Å². The Hall–Kier alpha value is -1.55. The van der Waals surface area contributed by atoms with Crippen LogP contribution in [0.4, 0.5) is 0 Å². The van der Waals surface area contributed by atoms with Crippen LogP contribution in [0.2, 0.25) is 5.02 Å². The molecule has 4 nitrogen and oxygen atoms in total. The summed E-state index contributed by atoms with van der Waals surface area (Å²) in [7, 11) is 0. The number of hydrogen-bond acceptors (Lipinski definition) is 2. The van der Waals surface area contributed by atoms with Crippen LogP contribution in [0.5, 0.6) is 0 Å². The van der Waals surface area contributed by atoms with E-state index in [1.54, 1.807) is 17.9 Å². The van der Waals surface area contributed by atoms with Crippen LogP contribution >= 0.6 is 11.6 Å². The quantitative estimate of drug-likeness (QED) is 0.845. The predicted molar refractivity (Wildman–Crippen MR) is 96.8 cm³/mol. The first-order chi connectivity index (χ1) is 11.5. The summed E-state index contributed by atoms with van der Waals surface area (Å²) in [6.07, 6.45) is 6.03. The highest BCUT2D eigenvalue weighted by molar-refractivity contribution is 6.30. The molecule has 0 aromatic heterocycles. The maximum atomic E-state index is 12.6. The molecule has 0 bridgehead atoms. The third-order valence-electron chi connectivity index (χ3n) is 4.66. The normalized spacial score (nSPS) is 16.5. The first kappa shape index (κ1) is 18.8. The number of benzene rings is 1. The van der Waals surface area contributed by atoms with Gasteiger partial charge in [-0.2, -0.15) is 0 Å². The van der Waals surface area contributed by atoms with Crippen molar-refractivity contribution in [2.75, 3.05) is 0 Å². The van der Waals surface area contributed by atoms with Gasteiger partial charge in [0, 0.05) is 24.0 Å². The molecule has 0 radical (unpaired) electrons. The fraction of sp³-hybridized carbons (Fsp3) is 0.579. The standard InChI is InChI=1S/C19H27ClN2O2/c1-3-18(23)22(13-15-8-7-9-16(20)12-15)14(2)19(24)21-17-10-5-4-6-11-17/h7-9,12,14,17H,3-6,10-11,13H2,1-2H3,(H,21,24). The first-order valence-electron chi connectivity index (χ1n) is 8.85. The van der Waals surface area contributed by atoms with Gasteiger partial charge in [0.05, 0.1) is 0 Å². The molecule has 0 spiro atoms. The van der Waals surface area contributed by atoms with Crippen molar-refractivity contribution in [3.05, 3.63) is 34.9 Å². The molecule has 1 fully saturated rings. The molecule has 0 aliphatic heterocycles. The average molecular weight is 351 g/mol. The number of hydrogen-bond donors (Lipinski definition) is 1. The SMILES string of the molecule is CCC(=O)N(Cc1cccc(Cl)c1)C(C)C(=O)NC1CCCCC1. The molecule has 1 unspecified atom stereocenters. The third-order valence-corrected chi connectivity index (χ3v) is 4.90. The van der Waals surface area contributed by atoms with Crippen molar-refractivity contribution in [3.8, 4) is 0 Å². The van der Waals surface area contributed by atoms with Crippen molar-refractivity contribution in [1.29, 1.82) is 0 Å². The lowest BCUT2D eigenvalue weighted by Crippen LogP contribution is -2.50. The molecular weight excluding hydrogens is 324 g/mol. The summed E-state index contributed by atoms with van der Waals surface area (Å²) >= 11 is 6.03. The van der Waals surface area contributed by atoms with Gasteiger partial charge in [-0.1, -0.05) is 49.9 Å². The molecule has 1 aromatic rings. The van der Waals surface area contributed by atoms with E-state index in [-0.39, 0.29) is 17.9 Å². The average Bonchev–Trinajstić information content (AvgIpc) is 2.59. The number of halogens is 1. The van der Waals surface area contributed by atoms with Crippen molar-refractivity contribution >= 4 is 23.4 Å². The summed E-state index contributed by atoms with van der Waals surface area (Å²) in [4.78, 5) is 26.6. The molecule has 5 heteroatoms. The van der Waals surface area contributed by atoms with E-state index in [1.165, 1.54) is 19.3 Å². The molecular formula is C19H27ClN2O2. The monoisotopic (exact) mass is 350 g/mol. The van der Waals surface area contributed by atoms with Gasteiger partial charge in [-0.3, -0.25) is 9.59 Å². The van der Waals surface area contributed by atoms with Crippen LogP contribution in [0.1, 0.15) is 57.9 Å². The maximum absolute atomic E-state index is 12.6. The number of rotatable bonds is 6. The lowest BCUT2D eigenvalue weighted by Gasteiger charge is -2.31. The second kappa shape index (κ2) is 9.07. The first-order valence-corrected chi connectivity index (χ1v) is 9.23. The van der Waals surface area contributed by atoms with E-state index >= 15 is 0 Å². The van der Waals surface area contributed by atoms with Gasteiger partial charge < -0.3 is 10.2 Å². The second-order valence-electron chi connectivity index (χ2n) is 6.52. The highest BCUT2D eigenvalue weighted by Gasteiger charge is 2.27. The van der Waals surface area contributed by atoms with Crippen LogP contribution in [0.15, 0.2) is 24.3 Å². The van der Waals surface area contributed by atoms with E-state index in [9.17, 15) is 9.59 Å². The van der Waals surface area contributed by atoms with Crippen LogP contribution in [0, 0.1) is 0 Å². The topological polar surface area (TPSA) is 49.4 Å². The Bertz CT molecular complexity index is 570. The summed E-state index contributed by atoms with van der Waals surface area (Å²) in [6, 6.07) is 7.18. The van der Waals surface area contributed by atoms with Gasteiger partial charge >= 0.3 is 0 Å². The van der Waals surface area contributed by atoms with Gasteiger partial charge in [0.2, 0.25) is 11.8 Å². The zero-order valence-electron chi connectivity index (χ0n) is 14.6. The van der Waals surface area contributed by atoms with Crippen LogP contribution in [-0.2, 0) is 16.1 Å².